The second kappa shape index (κ2) is 12.8. The second-order valence-corrected chi connectivity index (χ2v) is 4.67. The molecule has 1 aromatic rings. The lowest BCUT2D eigenvalue weighted by atomic mass is 10.2. The summed E-state index contributed by atoms with van der Waals surface area (Å²) >= 11 is 3.16. The molecule has 0 bridgehead atoms. The van der Waals surface area contributed by atoms with Crippen LogP contribution in [-0.4, -0.2) is 31.9 Å². The minimum absolute atomic E-state index is 0.309. The Morgan fingerprint density at radius 3 is 2.45 bits per heavy atom. The van der Waals surface area contributed by atoms with Gasteiger partial charge in [0.15, 0.2) is 11.5 Å². The summed E-state index contributed by atoms with van der Waals surface area (Å²) in [6.45, 7) is 4.46. The summed E-state index contributed by atoms with van der Waals surface area (Å²) in [6, 6.07) is 7.86. The average molecular weight is 343 g/mol. The van der Waals surface area contributed by atoms with Gasteiger partial charge in [-0.3, -0.25) is 4.99 Å². The van der Waals surface area contributed by atoms with Crippen molar-refractivity contribution >= 4 is 26.9 Å². The number of aryl methyl sites for hydroxylation is 1. The van der Waals surface area contributed by atoms with Crippen LogP contribution in [0, 0.1) is 6.92 Å². The first-order valence-electron chi connectivity index (χ1n) is 6.47. The smallest absolute Gasteiger partial charge is 0.191 e. The Bertz CT molecular complexity index is 403. The molecule has 20 heavy (non-hydrogen) atoms. The molecule has 0 unspecified atom stereocenters. The molecule has 0 aromatic heterocycles. The van der Waals surface area contributed by atoms with Gasteiger partial charge < -0.3 is 9.47 Å². The molecule has 4 nitrogen and oxygen atoms in total. The number of aliphatic imine (C=N–C) groups is 2. The van der Waals surface area contributed by atoms with Crippen molar-refractivity contribution in [1.29, 1.82) is 0 Å². The zero-order valence-corrected chi connectivity index (χ0v) is 14.2. The third-order valence-electron chi connectivity index (χ3n) is 2.16. The molecule has 0 atom stereocenters. The molecule has 0 heterocycles. The van der Waals surface area contributed by atoms with Gasteiger partial charge in [0, 0.05) is 20.4 Å². The summed E-state index contributed by atoms with van der Waals surface area (Å²) in [6.07, 6.45) is 4.01. The summed E-state index contributed by atoms with van der Waals surface area (Å²) in [5.41, 5.74) is 1.23. The summed E-state index contributed by atoms with van der Waals surface area (Å²) in [5, 5.41) is 0. The van der Waals surface area contributed by atoms with Crippen molar-refractivity contribution in [1.82, 2.24) is 0 Å². The Hall–Kier alpha value is -1.20. The fraction of sp³-hybridized carbons (Fsp3) is 0.467. The molecule has 0 saturated heterocycles. The number of ether oxygens (including phenoxy) is 2. The predicted molar refractivity (Wildman–Crippen MR) is 89.4 cm³/mol. The van der Waals surface area contributed by atoms with Gasteiger partial charge in [-0.2, -0.15) is 0 Å². The monoisotopic (exact) mass is 342 g/mol. The minimum Gasteiger partial charge on any atom is -0.468 e. The lowest BCUT2D eigenvalue weighted by molar-refractivity contribution is 0.0511. The molecule has 5 heteroatoms. The zero-order valence-electron chi connectivity index (χ0n) is 12.6. The first-order valence-corrected chi connectivity index (χ1v) is 7.26. The van der Waals surface area contributed by atoms with Crippen molar-refractivity contribution in [3.63, 3.8) is 0 Å². The molecule has 1 rings (SSSR count). The Morgan fingerprint density at radius 2 is 1.95 bits per heavy atom. The highest BCUT2D eigenvalue weighted by atomic mass is 79.9. The Balaban J connectivity index is 0.000000370. The fourth-order valence-electron chi connectivity index (χ4n) is 1.09. The standard InChI is InChI=1S/C9H12O2.C6H11BrN2/c1-8-3-5-9(6-4-8)11-7-10-2;1-3-4-5-9-6(7)8-2/h3-6H,7H2,1-2H3;5H,3-4H2,1-2H3/b;8-6?,9-5-. The molecule has 112 valence electrons. The maximum Gasteiger partial charge on any atom is 0.191 e. The maximum absolute atomic E-state index is 5.19. The van der Waals surface area contributed by atoms with E-state index < -0.39 is 0 Å². The summed E-state index contributed by atoms with van der Waals surface area (Å²) in [4.78, 5) is 7.77. The van der Waals surface area contributed by atoms with Crippen molar-refractivity contribution in [3.05, 3.63) is 29.8 Å². The first-order chi connectivity index (χ1) is 9.63. The van der Waals surface area contributed by atoms with E-state index in [0.29, 0.717) is 11.5 Å². The largest absolute Gasteiger partial charge is 0.468 e. The lowest BCUT2D eigenvalue weighted by Gasteiger charge is -2.03. The third kappa shape index (κ3) is 10.7. The van der Waals surface area contributed by atoms with Gasteiger partial charge in [0.2, 0.25) is 0 Å². The Kier molecular flexibility index (Phi) is 12.0. The SMILES string of the molecule is CCC/C=N\C(Br)=NC.COCOc1ccc(C)cc1. The topological polar surface area (TPSA) is 43.2 Å². The second-order valence-electron chi connectivity index (χ2n) is 3.96. The molecule has 0 fully saturated rings. The van der Waals surface area contributed by atoms with E-state index in [4.69, 9.17) is 9.47 Å². The molecule has 1 aromatic carbocycles. The summed E-state index contributed by atoms with van der Waals surface area (Å²) in [7, 11) is 3.31. The van der Waals surface area contributed by atoms with Crippen LogP contribution in [0.2, 0.25) is 0 Å². The van der Waals surface area contributed by atoms with Crippen LogP contribution in [0.4, 0.5) is 0 Å². The quantitative estimate of drug-likeness (QED) is 0.348. The van der Waals surface area contributed by atoms with E-state index in [1.54, 1.807) is 14.2 Å². The van der Waals surface area contributed by atoms with Crippen molar-refractivity contribution in [3.8, 4) is 5.75 Å². The number of hydrogen-bond donors (Lipinski definition) is 0. The van der Waals surface area contributed by atoms with Crippen LogP contribution in [0.5, 0.6) is 5.75 Å². The molecule has 0 spiro atoms. The number of benzene rings is 1. The van der Waals surface area contributed by atoms with E-state index in [1.165, 1.54) is 5.56 Å². The van der Waals surface area contributed by atoms with Gasteiger partial charge >= 0.3 is 0 Å². The van der Waals surface area contributed by atoms with Gasteiger partial charge in [-0.15, -0.1) is 0 Å². The Morgan fingerprint density at radius 1 is 1.30 bits per heavy atom. The molecule has 0 aliphatic heterocycles. The molecule has 0 N–H and O–H groups in total. The average Bonchev–Trinajstić information content (AvgIpc) is 2.47. The van der Waals surface area contributed by atoms with Gasteiger partial charge in [-0.1, -0.05) is 31.0 Å². The van der Waals surface area contributed by atoms with Gasteiger partial charge in [0.05, 0.1) is 0 Å². The highest BCUT2D eigenvalue weighted by Crippen LogP contribution is 2.10. The number of rotatable bonds is 5. The number of methoxy groups -OCH3 is 1. The van der Waals surface area contributed by atoms with Crippen LogP contribution >= 0.6 is 15.9 Å². The molecule has 0 saturated carbocycles. The summed E-state index contributed by atoms with van der Waals surface area (Å²) in [5.74, 6) is 0.845. The van der Waals surface area contributed by atoms with Gasteiger partial charge in [0.25, 0.3) is 0 Å². The van der Waals surface area contributed by atoms with E-state index in [-0.39, 0.29) is 0 Å². The molecule has 0 amide bonds. The van der Waals surface area contributed by atoms with Crippen molar-refractivity contribution in [2.75, 3.05) is 21.0 Å². The molecule has 0 radical (unpaired) electrons. The molecular weight excluding hydrogens is 320 g/mol. The molecule has 0 aliphatic rings. The highest BCUT2D eigenvalue weighted by molar-refractivity contribution is 9.18. The van der Waals surface area contributed by atoms with Crippen molar-refractivity contribution in [2.24, 2.45) is 9.98 Å². The van der Waals surface area contributed by atoms with E-state index in [1.807, 2.05) is 37.4 Å². The molecule has 0 aliphatic carbocycles. The van der Waals surface area contributed by atoms with Crippen LogP contribution in [0.3, 0.4) is 0 Å². The molecular formula is C15H23BrN2O2. The maximum atomic E-state index is 5.19. The van der Waals surface area contributed by atoms with Crippen LogP contribution in [0.15, 0.2) is 34.3 Å². The Labute approximate surface area is 130 Å². The third-order valence-corrected chi connectivity index (χ3v) is 2.72. The number of halogens is 1. The zero-order chi connectivity index (χ0) is 15.2. The first kappa shape index (κ1) is 18.8. The van der Waals surface area contributed by atoms with Gasteiger partial charge in [0.1, 0.15) is 5.75 Å². The van der Waals surface area contributed by atoms with Gasteiger partial charge in [-0.25, -0.2) is 4.99 Å². The fourth-order valence-corrected chi connectivity index (χ4v) is 1.23. The predicted octanol–water partition coefficient (Wildman–Crippen LogP) is 4.22. The number of unbranched alkanes of at least 4 members (excludes halogenated alkanes) is 1. The van der Waals surface area contributed by atoms with Crippen LogP contribution in [0.1, 0.15) is 25.3 Å². The number of nitrogens with zero attached hydrogens (tertiary/aromatic N) is 2. The van der Waals surface area contributed by atoms with E-state index >= 15 is 0 Å². The van der Waals surface area contributed by atoms with E-state index in [0.717, 1.165) is 18.6 Å². The number of amidine groups is 1. The normalized spacial score (nSPS) is 11.2. The minimum atomic E-state index is 0.309. The number of hydrogen-bond acceptors (Lipinski definition) is 3. The van der Waals surface area contributed by atoms with E-state index in [2.05, 4.69) is 32.8 Å². The summed E-state index contributed by atoms with van der Waals surface area (Å²) < 4.78 is 10.6. The highest BCUT2D eigenvalue weighted by Gasteiger charge is 1.89. The van der Waals surface area contributed by atoms with Crippen molar-refractivity contribution in [2.45, 2.75) is 26.7 Å². The van der Waals surface area contributed by atoms with Gasteiger partial charge in [-0.05, 0) is 41.4 Å². The van der Waals surface area contributed by atoms with Crippen molar-refractivity contribution < 1.29 is 9.47 Å². The van der Waals surface area contributed by atoms with Crippen LogP contribution in [-0.2, 0) is 4.74 Å². The van der Waals surface area contributed by atoms with Crippen LogP contribution in [0.25, 0.3) is 0 Å². The van der Waals surface area contributed by atoms with E-state index in [9.17, 15) is 0 Å². The van der Waals surface area contributed by atoms with Crippen LogP contribution < -0.4 is 4.74 Å². The lowest BCUT2D eigenvalue weighted by Crippen LogP contribution is -1.98.